The second-order valence-electron chi connectivity index (χ2n) is 5.90. The summed E-state index contributed by atoms with van der Waals surface area (Å²) in [5.74, 6) is -0.921. The molecule has 2 rings (SSSR count). The van der Waals surface area contributed by atoms with Gasteiger partial charge in [-0.3, -0.25) is 14.2 Å². The summed E-state index contributed by atoms with van der Waals surface area (Å²) in [6.45, 7) is 6.86. The fourth-order valence-corrected chi connectivity index (χ4v) is 2.97. The highest BCUT2D eigenvalue weighted by molar-refractivity contribution is 5.87. The molecular formula is C17H24N4O3. The van der Waals surface area contributed by atoms with Crippen molar-refractivity contribution in [3.8, 4) is 0 Å². The average molecular weight is 332 g/mol. The molecule has 0 radical (unpaired) electrons. The summed E-state index contributed by atoms with van der Waals surface area (Å²) in [7, 11) is 0. The van der Waals surface area contributed by atoms with E-state index in [4.69, 9.17) is 0 Å². The van der Waals surface area contributed by atoms with Gasteiger partial charge in [-0.15, -0.1) is 0 Å². The van der Waals surface area contributed by atoms with E-state index in [1.807, 2.05) is 20.8 Å². The molecule has 7 nitrogen and oxygen atoms in total. The van der Waals surface area contributed by atoms with Crippen LogP contribution in [0.1, 0.15) is 64.1 Å². The maximum absolute atomic E-state index is 11.5. The minimum absolute atomic E-state index is 0.306. The van der Waals surface area contributed by atoms with Gasteiger partial charge in [0.25, 0.3) is 0 Å². The third-order valence-corrected chi connectivity index (χ3v) is 4.10. The number of carbonyl (C=O) groups is 2. The fraction of sp³-hybridized carbons (Fsp3) is 0.529. The molecule has 1 N–H and O–H groups in total. The lowest BCUT2D eigenvalue weighted by molar-refractivity contribution is 0.0682. The lowest BCUT2D eigenvalue weighted by Crippen LogP contribution is -2.10. The highest BCUT2D eigenvalue weighted by Gasteiger charge is 2.19. The summed E-state index contributed by atoms with van der Waals surface area (Å²) in [5, 5.41) is 18.0. The number of nitrogens with zero attached hydrogens (tertiary/aromatic N) is 4. The number of unbranched alkanes of at least 4 members (excludes halogenated alkanes) is 2. The molecular weight excluding hydrogens is 308 g/mol. The van der Waals surface area contributed by atoms with Crippen LogP contribution in [0.2, 0.25) is 0 Å². The van der Waals surface area contributed by atoms with Crippen molar-refractivity contribution in [2.75, 3.05) is 0 Å². The number of hydrogen-bond donors (Lipinski definition) is 1. The van der Waals surface area contributed by atoms with Gasteiger partial charge in [-0.1, -0.05) is 6.42 Å². The van der Waals surface area contributed by atoms with E-state index in [1.54, 1.807) is 15.4 Å². The largest absolute Gasteiger partial charge is 0.477 e. The predicted molar refractivity (Wildman–Crippen MR) is 89.5 cm³/mol. The molecule has 0 bridgehead atoms. The number of carboxylic acid groups (broad SMARTS) is 1. The van der Waals surface area contributed by atoms with Crippen LogP contribution < -0.4 is 0 Å². The van der Waals surface area contributed by atoms with Gasteiger partial charge in [0.05, 0.1) is 11.4 Å². The van der Waals surface area contributed by atoms with E-state index in [9.17, 15) is 14.7 Å². The first-order valence-corrected chi connectivity index (χ1v) is 8.27. The second kappa shape index (κ2) is 7.90. The van der Waals surface area contributed by atoms with E-state index in [1.165, 1.54) is 0 Å². The Morgan fingerprint density at radius 1 is 1.21 bits per heavy atom. The Hall–Kier alpha value is -2.44. The van der Waals surface area contributed by atoms with Gasteiger partial charge in [0.2, 0.25) is 0 Å². The van der Waals surface area contributed by atoms with Crippen LogP contribution in [0, 0.1) is 13.8 Å². The molecule has 130 valence electrons. The van der Waals surface area contributed by atoms with Crippen molar-refractivity contribution in [1.29, 1.82) is 0 Å². The van der Waals surface area contributed by atoms with Crippen LogP contribution in [-0.2, 0) is 19.5 Å². The van der Waals surface area contributed by atoms with Crippen molar-refractivity contribution in [3.63, 3.8) is 0 Å². The third kappa shape index (κ3) is 3.90. The van der Waals surface area contributed by atoms with Gasteiger partial charge in [-0.2, -0.15) is 10.2 Å². The van der Waals surface area contributed by atoms with E-state index in [0.717, 1.165) is 42.5 Å². The Morgan fingerprint density at radius 3 is 2.58 bits per heavy atom. The molecule has 0 aromatic carbocycles. The zero-order valence-corrected chi connectivity index (χ0v) is 14.4. The number of aromatic carboxylic acids is 1. The first kappa shape index (κ1) is 17.9. The van der Waals surface area contributed by atoms with Crippen LogP contribution in [0.4, 0.5) is 0 Å². The van der Waals surface area contributed by atoms with Crippen LogP contribution in [0.5, 0.6) is 0 Å². The van der Waals surface area contributed by atoms with Crippen LogP contribution in [0.25, 0.3) is 0 Å². The molecule has 24 heavy (non-hydrogen) atoms. The van der Waals surface area contributed by atoms with Gasteiger partial charge in [-0.25, -0.2) is 4.79 Å². The average Bonchev–Trinajstić information content (AvgIpc) is 3.06. The van der Waals surface area contributed by atoms with Gasteiger partial charge < -0.3 is 5.11 Å². The molecule has 2 aromatic heterocycles. The number of carbonyl (C=O) groups excluding carboxylic acids is 1. The van der Waals surface area contributed by atoms with Gasteiger partial charge in [0.15, 0.2) is 6.29 Å². The van der Waals surface area contributed by atoms with E-state index in [2.05, 4.69) is 10.2 Å². The van der Waals surface area contributed by atoms with Crippen molar-refractivity contribution >= 4 is 12.3 Å². The summed E-state index contributed by atoms with van der Waals surface area (Å²) < 4.78 is 3.28. The summed E-state index contributed by atoms with van der Waals surface area (Å²) in [6, 6.07) is 1.77. The first-order chi connectivity index (χ1) is 11.5. The molecule has 7 heteroatoms. The van der Waals surface area contributed by atoms with Crippen molar-refractivity contribution in [3.05, 3.63) is 34.4 Å². The summed E-state index contributed by atoms with van der Waals surface area (Å²) in [5.41, 5.74) is 3.36. The number of aldehydes is 1. The maximum Gasteiger partial charge on any atom is 0.354 e. The zero-order valence-electron chi connectivity index (χ0n) is 14.4. The number of rotatable bonds is 9. The van der Waals surface area contributed by atoms with Gasteiger partial charge in [0, 0.05) is 18.7 Å². The molecule has 0 fully saturated rings. The van der Waals surface area contributed by atoms with E-state index >= 15 is 0 Å². The minimum atomic E-state index is -0.921. The third-order valence-electron chi connectivity index (χ3n) is 4.10. The molecule has 0 saturated heterocycles. The molecule has 0 unspecified atom stereocenters. The molecule has 0 aliphatic heterocycles. The predicted octanol–water partition coefficient (Wildman–Crippen LogP) is 2.64. The Balaban J connectivity index is 1.90. The summed E-state index contributed by atoms with van der Waals surface area (Å²) in [6.07, 6.45) is 4.24. The molecule has 2 aromatic rings. The van der Waals surface area contributed by atoms with Crippen LogP contribution >= 0.6 is 0 Å². The number of carboxylic acids is 1. The van der Waals surface area contributed by atoms with Gasteiger partial charge in [0.1, 0.15) is 11.4 Å². The van der Waals surface area contributed by atoms with E-state index in [0.29, 0.717) is 30.9 Å². The molecule has 0 amide bonds. The van der Waals surface area contributed by atoms with Crippen molar-refractivity contribution < 1.29 is 14.7 Å². The Bertz CT molecular complexity index is 731. The Kier molecular flexibility index (Phi) is 5.89. The van der Waals surface area contributed by atoms with Gasteiger partial charge >= 0.3 is 5.97 Å². The highest BCUT2D eigenvalue weighted by Crippen LogP contribution is 2.18. The van der Waals surface area contributed by atoms with E-state index in [-0.39, 0.29) is 0 Å². The molecule has 0 saturated carbocycles. The summed E-state index contributed by atoms with van der Waals surface area (Å²) in [4.78, 5) is 22.4. The summed E-state index contributed by atoms with van der Waals surface area (Å²) >= 11 is 0. The lowest BCUT2D eigenvalue weighted by atomic mass is 10.0. The monoisotopic (exact) mass is 332 g/mol. The van der Waals surface area contributed by atoms with Gasteiger partial charge in [-0.05, 0) is 46.1 Å². The normalized spacial score (nSPS) is 11.0. The van der Waals surface area contributed by atoms with E-state index < -0.39 is 5.97 Å². The topological polar surface area (TPSA) is 90.0 Å². The number of aryl methyl sites for hydroxylation is 4. The standard InChI is InChI=1S/C17H24N4O3/c1-4-20-16(17(23)24)15(13(3)19-20)8-6-5-7-9-21-14(11-22)10-12(2)18-21/h10-11H,4-9H2,1-3H3,(H,23,24). The highest BCUT2D eigenvalue weighted by atomic mass is 16.4. The van der Waals surface area contributed by atoms with Crippen molar-refractivity contribution in [1.82, 2.24) is 19.6 Å². The van der Waals surface area contributed by atoms with Crippen LogP contribution in [0.3, 0.4) is 0 Å². The maximum atomic E-state index is 11.5. The number of hydrogen-bond acceptors (Lipinski definition) is 4. The quantitative estimate of drug-likeness (QED) is 0.563. The smallest absolute Gasteiger partial charge is 0.354 e. The zero-order chi connectivity index (χ0) is 17.7. The fourth-order valence-electron chi connectivity index (χ4n) is 2.97. The SMILES string of the molecule is CCn1nc(C)c(CCCCCn2nc(C)cc2C=O)c1C(=O)O. The molecule has 0 aliphatic rings. The van der Waals surface area contributed by atoms with Crippen molar-refractivity contribution in [2.24, 2.45) is 0 Å². The van der Waals surface area contributed by atoms with Crippen molar-refractivity contribution in [2.45, 2.75) is 59.5 Å². The Labute approximate surface area is 141 Å². The molecule has 0 spiro atoms. The second-order valence-corrected chi connectivity index (χ2v) is 5.90. The van der Waals surface area contributed by atoms with Crippen LogP contribution in [0.15, 0.2) is 6.07 Å². The number of aromatic nitrogens is 4. The minimum Gasteiger partial charge on any atom is -0.477 e. The molecule has 0 aliphatic carbocycles. The Morgan fingerprint density at radius 2 is 1.96 bits per heavy atom. The van der Waals surface area contributed by atoms with Crippen LogP contribution in [-0.4, -0.2) is 36.9 Å². The molecule has 2 heterocycles. The first-order valence-electron chi connectivity index (χ1n) is 8.27. The molecule has 0 atom stereocenters. The lowest BCUT2D eigenvalue weighted by Gasteiger charge is -2.05.